The highest BCUT2D eigenvalue weighted by Crippen LogP contribution is 2.22. The number of carbonyl (C=O) groups excluding carboxylic acids is 1. The Kier molecular flexibility index (Phi) is 5.65. The van der Waals surface area contributed by atoms with Gasteiger partial charge in [0.1, 0.15) is 5.25 Å². The first-order valence-corrected chi connectivity index (χ1v) is 8.06. The number of nitro groups is 1. The second-order valence-corrected chi connectivity index (χ2v) is 6.78. The summed E-state index contributed by atoms with van der Waals surface area (Å²) in [4.78, 5) is 32.4. The molecule has 1 heterocycles. The third kappa shape index (κ3) is 4.99. The van der Waals surface area contributed by atoms with Gasteiger partial charge in [0.25, 0.3) is 5.69 Å². The van der Waals surface area contributed by atoms with Gasteiger partial charge in [0.2, 0.25) is 5.91 Å². The Morgan fingerprint density at radius 3 is 2.91 bits per heavy atom. The number of carboxylic acids is 1. The molecule has 11 heteroatoms. The van der Waals surface area contributed by atoms with E-state index < -0.39 is 22.0 Å². The van der Waals surface area contributed by atoms with Crippen molar-refractivity contribution in [2.75, 3.05) is 0 Å². The quantitative estimate of drug-likeness (QED) is 0.304. The number of halogens is 1. The van der Waals surface area contributed by atoms with E-state index in [0.29, 0.717) is 9.13 Å². The predicted octanol–water partition coefficient (Wildman–Crippen LogP) is 1.60. The number of hydrogen-bond acceptors (Lipinski definition) is 7. The van der Waals surface area contributed by atoms with Gasteiger partial charge in [-0.2, -0.15) is 5.10 Å². The Morgan fingerprint density at radius 2 is 2.26 bits per heavy atom. The first-order valence-electron chi connectivity index (χ1n) is 6.10. The molecule has 1 aromatic carbocycles. The summed E-state index contributed by atoms with van der Waals surface area (Å²) >= 11 is 2.93. The Labute approximate surface area is 147 Å². The number of non-ortho nitro benzene ring substituents is 1. The molecular formula is C12H9IN4O5S. The van der Waals surface area contributed by atoms with Crippen LogP contribution in [-0.4, -0.2) is 38.5 Å². The second kappa shape index (κ2) is 7.50. The van der Waals surface area contributed by atoms with Gasteiger partial charge in [0.15, 0.2) is 5.17 Å². The van der Waals surface area contributed by atoms with E-state index in [0.717, 1.165) is 11.8 Å². The normalized spacial score (nSPS) is 19.3. The molecule has 1 unspecified atom stereocenters. The molecule has 1 atom stereocenters. The molecular weight excluding hydrogens is 439 g/mol. The molecule has 23 heavy (non-hydrogen) atoms. The highest BCUT2D eigenvalue weighted by Gasteiger charge is 2.32. The van der Waals surface area contributed by atoms with E-state index >= 15 is 0 Å². The van der Waals surface area contributed by atoms with Gasteiger partial charge in [-0.15, -0.1) is 5.10 Å². The molecule has 2 N–H and O–H groups in total. The Hall–Kier alpha value is -2.02. The summed E-state index contributed by atoms with van der Waals surface area (Å²) in [7, 11) is 0. The van der Waals surface area contributed by atoms with Crippen LogP contribution in [0.1, 0.15) is 12.0 Å². The fourth-order valence-corrected chi connectivity index (χ4v) is 3.26. The molecule has 1 aromatic rings. The van der Waals surface area contributed by atoms with Gasteiger partial charge in [-0.3, -0.25) is 19.7 Å². The lowest BCUT2D eigenvalue weighted by Gasteiger charge is -1.98. The molecule has 1 fully saturated rings. The number of benzene rings is 1. The number of aliphatic carboxylic acids is 1. The predicted molar refractivity (Wildman–Crippen MR) is 92.6 cm³/mol. The average molecular weight is 448 g/mol. The molecule has 0 aliphatic carbocycles. The average Bonchev–Trinajstić information content (AvgIpc) is 2.77. The number of carboxylic acid groups (broad SMARTS) is 1. The van der Waals surface area contributed by atoms with Crippen LogP contribution in [-0.2, 0) is 9.59 Å². The summed E-state index contributed by atoms with van der Waals surface area (Å²) in [5.41, 5.74) is 0.431. The Balaban J connectivity index is 2.08. The number of amidine groups is 1. The smallest absolute Gasteiger partial charge is 0.305 e. The summed E-state index contributed by atoms with van der Waals surface area (Å²) in [5, 5.41) is 28.9. The first-order chi connectivity index (χ1) is 10.8. The summed E-state index contributed by atoms with van der Waals surface area (Å²) < 4.78 is 0.677. The minimum atomic E-state index is -1.08. The van der Waals surface area contributed by atoms with Gasteiger partial charge >= 0.3 is 5.97 Å². The summed E-state index contributed by atoms with van der Waals surface area (Å²) in [5.74, 6) is -1.51. The van der Waals surface area contributed by atoms with Crippen LogP contribution < -0.4 is 5.32 Å². The lowest BCUT2D eigenvalue weighted by molar-refractivity contribution is -0.384. The van der Waals surface area contributed by atoms with Crippen LogP contribution in [0.5, 0.6) is 0 Å². The van der Waals surface area contributed by atoms with E-state index in [1.807, 2.05) is 22.6 Å². The number of nitrogens with one attached hydrogen (secondary N) is 1. The topological polar surface area (TPSA) is 134 Å². The van der Waals surface area contributed by atoms with Crippen molar-refractivity contribution in [2.45, 2.75) is 11.7 Å². The molecule has 9 nitrogen and oxygen atoms in total. The highest BCUT2D eigenvalue weighted by molar-refractivity contribution is 14.1. The van der Waals surface area contributed by atoms with Crippen LogP contribution in [0.4, 0.5) is 5.69 Å². The van der Waals surface area contributed by atoms with E-state index in [4.69, 9.17) is 5.11 Å². The molecule has 1 amide bonds. The van der Waals surface area contributed by atoms with E-state index in [2.05, 4.69) is 15.5 Å². The van der Waals surface area contributed by atoms with Crippen molar-refractivity contribution < 1.29 is 19.6 Å². The fourth-order valence-electron chi connectivity index (χ4n) is 1.67. The van der Waals surface area contributed by atoms with E-state index in [-0.39, 0.29) is 17.3 Å². The molecule has 0 spiro atoms. The standard InChI is InChI=1S/C12H9IN4O5S/c13-7-1-6(2-8(3-7)17(21)22)5-14-16-12-15-11(20)9(23-12)4-10(18)19/h1-3,5,9H,4H2,(H,18,19)(H,15,16,20). The van der Waals surface area contributed by atoms with Crippen molar-refractivity contribution >= 4 is 63.3 Å². The van der Waals surface area contributed by atoms with Crippen LogP contribution in [0, 0.1) is 13.7 Å². The molecule has 0 radical (unpaired) electrons. The first kappa shape index (κ1) is 17.3. The number of nitrogens with zero attached hydrogens (tertiary/aromatic N) is 3. The number of thioether (sulfide) groups is 1. The number of hydrogen-bond donors (Lipinski definition) is 2. The van der Waals surface area contributed by atoms with Crippen molar-refractivity contribution in [1.29, 1.82) is 0 Å². The zero-order valence-electron chi connectivity index (χ0n) is 11.3. The van der Waals surface area contributed by atoms with Crippen LogP contribution in [0.25, 0.3) is 0 Å². The number of rotatable bonds is 5. The molecule has 120 valence electrons. The largest absolute Gasteiger partial charge is 0.481 e. The second-order valence-electron chi connectivity index (χ2n) is 4.34. The highest BCUT2D eigenvalue weighted by atomic mass is 127. The zero-order valence-corrected chi connectivity index (χ0v) is 14.3. The fraction of sp³-hybridized carbons (Fsp3) is 0.167. The van der Waals surface area contributed by atoms with Crippen molar-refractivity contribution in [2.24, 2.45) is 10.2 Å². The van der Waals surface area contributed by atoms with Crippen molar-refractivity contribution in [1.82, 2.24) is 5.32 Å². The van der Waals surface area contributed by atoms with E-state index in [1.165, 1.54) is 18.3 Å². The van der Waals surface area contributed by atoms with Crippen molar-refractivity contribution in [3.8, 4) is 0 Å². The van der Waals surface area contributed by atoms with Gasteiger partial charge in [-0.1, -0.05) is 11.8 Å². The van der Waals surface area contributed by atoms with Crippen LogP contribution in [0.2, 0.25) is 0 Å². The minimum absolute atomic E-state index is 0.0592. The monoisotopic (exact) mass is 448 g/mol. The zero-order chi connectivity index (χ0) is 17.0. The molecule has 0 bridgehead atoms. The van der Waals surface area contributed by atoms with Crippen molar-refractivity contribution in [3.05, 3.63) is 37.4 Å². The van der Waals surface area contributed by atoms with E-state index in [9.17, 15) is 19.7 Å². The molecule has 0 aromatic heterocycles. The third-order valence-electron chi connectivity index (χ3n) is 2.61. The SMILES string of the molecule is O=C(O)CC1SC(=NN=Cc2cc(I)cc([N+](=O)[O-])c2)NC1=O. The van der Waals surface area contributed by atoms with Gasteiger partial charge in [-0.05, 0) is 28.7 Å². The number of carbonyl (C=O) groups is 2. The van der Waals surface area contributed by atoms with Gasteiger partial charge < -0.3 is 10.4 Å². The van der Waals surface area contributed by atoms with E-state index in [1.54, 1.807) is 6.07 Å². The van der Waals surface area contributed by atoms with Gasteiger partial charge in [0.05, 0.1) is 17.6 Å². The van der Waals surface area contributed by atoms with Crippen molar-refractivity contribution in [3.63, 3.8) is 0 Å². The van der Waals surface area contributed by atoms with Gasteiger partial charge in [-0.25, -0.2) is 0 Å². The maximum absolute atomic E-state index is 11.5. The molecule has 2 rings (SSSR count). The number of nitro benzene ring substituents is 1. The minimum Gasteiger partial charge on any atom is -0.481 e. The maximum Gasteiger partial charge on any atom is 0.305 e. The van der Waals surface area contributed by atoms with Crippen LogP contribution >= 0.6 is 34.4 Å². The summed E-state index contributed by atoms with van der Waals surface area (Å²) in [6.45, 7) is 0. The Bertz CT molecular complexity index is 736. The lowest BCUT2D eigenvalue weighted by atomic mass is 10.2. The molecule has 0 saturated carbocycles. The van der Waals surface area contributed by atoms with Crippen LogP contribution in [0.15, 0.2) is 28.4 Å². The lowest BCUT2D eigenvalue weighted by Crippen LogP contribution is -2.26. The third-order valence-corrected chi connectivity index (χ3v) is 4.30. The Morgan fingerprint density at radius 1 is 1.52 bits per heavy atom. The number of amides is 1. The van der Waals surface area contributed by atoms with Gasteiger partial charge in [0, 0.05) is 21.3 Å². The summed E-state index contributed by atoms with van der Waals surface area (Å²) in [6, 6.07) is 4.46. The molecule has 1 aliphatic rings. The maximum atomic E-state index is 11.5. The molecule has 1 aliphatic heterocycles. The van der Waals surface area contributed by atoms with Crippen LogP contribution in [0.3, 0.4) is 0 Å². The summed E-state index contributed by atoms with van der Waals surface area (Å²) in [6.07, 6.45) is 1.02. The molecule has 1 saturated heterocycles.